The molecule has 0 radical (unpaired) electrons. The number of carboxylic acid groups (broad SMARTS) is 1. The van der Waals surface area contributed by atoms with Gasteiger partial charge in [-0.1, -0.05) is 68.4 Å². The average molecular weight is 440 g/mol. The maximum Gasteiger partial charge on any atom is 0.422 e. The summed E-state index contributed by atoms with van der Waals surface area (Å²) in [6.45, 7) is 6.44. The molecule has 0 amide bonds. The molecular weight excluding hydrogens is 419 g/mol. The second-order valence-electron chi connectivity index (χ2n) is 6.55. The third kappa shape index (κ3) is 7.20. The fourth-order valence-corrected chi connectivity index (χ4v) is 2.90. The topological polar surface area (TPSA) is 89.9 Å². The molecule has 1 atom stereocenters. The van der Waals surface area contributed by atoms with Gasteiger partial charge in [0.1, 0.15) is 5.56 Å². The normalized spacial score (nSPS) is 12.0. The van der Waals surface area contributed by atoms with Crippen molar-refractivity contribution >= 4 is 52.7 Å². The zero-order chi connectivity index (χ0) is 20.7. The van der Waals surface area contributed by atoms with Crippen LogP contribution in [-0.4, -0.2) is 29.6 Å². The van der Waals surface area contributed by atoms with Crippen LogP contribution in [0.25, 0.3) is 0 Å². The molecule has 0 bridgehead atoms. The number of rotatable bonds is 8. The van der Waals surface area contributed by atoms with Gasteiger partial charge in [-0.25, -0.2) is 14.4 Å². The van der Waals surface area contributed by atoms with Crippen molar-refractivity contribution in [3.63, 3.8) is 0 Å². The van der Waals surface area contributed by atoms with Gasteiger partial charge in [-0.3, -0.25) is 0 Å². The minimum Gasteiger partial charge on any atom is -0.473 e. The highest BCUT2D eigenvalue weighted by atomic mass is 35.5. The van der Waals surface area contributed by atoms with Gasteiger partial charge in [0.2, 0.25) is 0 Å². The standard InChI is InChI=1S/C18H21Cl3O6/c1-9(2)4-5-10(3)6-7-26-17(24)13-14(21)11(19)8-12(20)15(13)27-18(25)16(22)23/h8-10H,4-7H2,1-3H3,(H,22,23). The Morgan fingerprint density at radius 3 is 2.22 bits per heavy atom. The summed E-state index contributed by atoms with van der Waals surface area (Å²) in [5, 5.41) is 8.14. The SMILES string of the molecule is CC(C)CCC(C)CCOC(=O)c1c(Cl)c(Cl)cc(Cl)c1OC(=O)C(=O)O. The molecule has 1 unspecified atom stereocenters. The van der Waals surface area contributed by atoms with Gasteiger partial charge in [-0.05, 0) is 24.3 Å². The summed E-state index contributed by atoms with van der Waals surface area (Å²) in [6, 6.07) is 1.14. The third-order valence-electron chi connectivity index (χ3n) is 3.78. The van der Waals surface area contributed by atoms with Gasteiger partial charge >= 0.3 is 17.9 Å². The summed E-state index contributed by atoms with van der Waals surface area (Å²) >= 11 is 17.9. The van der Waals surface area contributed by atoms with Crippen molar-refractivity contribution in [1.29, 1.82) is 0 Å². The predicted octanol–water partition coefficient (Wildman–Crippen LogP) is 5.26. The number of benzene rings is 1. The van der Waals surface area contributed by atoms with E-state index in [1.54, 1.807) is 0 Å². The van der Waals surface area contributed by atoms with Crippen LogP contribution >= 0.6 is 34.8 Å². The van der Waals surface area contributed by atoms with Crippen molar-refractivity contribution in [2.75, 3.05) is 6.61 Å². The largest absolute Gasteiger partial charge is 0.473 e. The molecule has 0 aliphatic heterocycles. The first-order valence-corrected chi connectivity index (χ1v) is 9.47. The molecule has 0 saturated heterocycles. The van der Waals surface area contributed by atoms with E-state index in [1.165, 1.54) is 0 Å². The molecule has 0 spiro atoms. The smallest absolute Gasteiger partial charge is 0.422 e. The van der Waals surface area contributed by atoms with Gasteiger partial charge in [0.15, 0.2) is 5.75 Å². The van der Waals surface area contributed by atoms with Gasteiger partial charge in [-0.15, -0.1) is 0 Å². The van der Waals surface area contributed by atoms with Crippen molar-refractivity contribution in [1.82, 2.24) is 0 Å². The minimum absolute atomic E-state index is 0.0611. The summed E-state index contributed by atoms with van der Waals surface area (Å²) in [7, 11) is 0. The van der Waals surface area contributed by atoms with Crippen molar-refractivity contribution < 1.29 is 29.0 Å². The van der Waals surface area contributed by atoms with Crippen LogP contribution in [0.1, 0.15) is 50.4 Å². The Morgan fingerprint density at radius 2 is 1.67 bits per heavy atom. The summed E-state index contributed by atoms with van der Waals surface area (Å²) in [6.07, 6.45) is 2.70. The van der Waals surface area contributed by atoms with Gasteiger partial charge in [0.05, 0.1) is 21.7 Å². The van der Waals surface area contributed by atoms with Crippen LogP contribution in [0.15, 0.2) is 6.07 Å². The second kappa shape index (κ2) is 10.7. The lowest BCUT2D eigenvalue weighted by molar-refractivity contribution is -0.158. The third-order valence-corrected chi connectivity index (χ3v) is 4.85. The van der Waals surface area contributed by atoms with Crippen molar-refractivity contribution in [2.24, 2.45) is 11.8 Å². The highest BCUT2D eigenvalue weighted by Crippen LogP contribution is 2.39. The van der Waals surface area contributed by atoms with E-state index in [4.69, 9.17) is 44.6 Å². The van der Waals surface area contributed by atoms with E-state index >= 15 is 0 Å². The number of esters is 2. The lowest BCUT2D eigenvalue weighted by atomic mass is 9.97. The second-order valence-corrected chi connectivity index (χ2v) is 7.75. The Labute approximate surface area is 172 Å². The Bertz CT molecular complexity index is 718. The van der Waals surface area contributed by atoms with Crippen molar-refractivity contribution in [3.8, 4) is 5.75 Å². The van der Waals surface area contributed by atoms with Gasteiger partial charge < -0.3 is 14.6 Å². The molecule has 0 fully saturated rings. The first-order chi connectivity index (χ1) is 12.5. The van der Waals surface area contributed by atoms with Gasteiger partial charge in [0, 0.05) is 0 Å². The highest BCUT2D eigenvalue weighted by Gasteiger charge is 2.27. The molecule has 1 aromatic carbocycles. The molecule has 150 valence electrons. The number of carbonyl (C=O) groups excluding carboxylic acids is 2. The molecule has 27 heavy (non-hydrogen) atoms. The Morgan fingerprint density at radius 1 is 1.04 bits per heavy atom. The van der Waals surface area contributed by atoms with Crippen molar-refractivity contribution in [3.05, 3.63) is 26.7 Å². The zero-order valence-corrected chi connectivity index (χ0v) is 17.5. The lowest BCUT2D eigenvalue weighted by Crippen LogP contribution is -2.21. The Hall–Kier alpha value is -1.50. The van der Waals surface area contributed by atoms with Crippen LogP contribution in [-0.2, 0) is 14.3 Å². The lowest BCUT2D eigenvalue weighted by Gasteiger charge is -2.15. The predicted molar refractivity (Wildman–Crippen MR) is 103 cm³/mol. The van der Waals surface area contributed by atoms with E-state index in [-0.39, 0.29) is 21.7 Å². The number of aliphatic carboxylic acids is 1. The number of carboxylic acids is 1. The fraction of sp³-hybridized carbons (Fsp3) is 0.500. The quantitative estimate of drug-likeness (QED) is 0.257. The number of halogens is 3. The van der Waals surface area contributed by atoms with E-state index in [9.17, 15) is 14.4 Å². The van der Waals surface area contributed by atoms with Gasteiger partial charge in [-0.2, -0.15) is 0 Å². The van der Waals surface area contributed by atoms with Crippen molar-refractivity contribution in [2.45, 2.75) is 40.0 Å². The highest BCUT2D eigenvalue weighted by molar-refractivity contribution is 6.46. The molecule has 0 saturated carbocycles. The van der Waals surface area contributed by atoms with Crippen LogP contribution < -0.4 is 4.74 Å². The molecule has 0 aromatic heterocycles. The maximum absolute atomic E-state index is 12.4. The fourth-order valence-electron chi connectivity index (χ4n) is 2.18. The summed E-state index contributed by atoms with van der Waals surface area (Å²) in [4.78, 5) is 34.5. The van der Waals surface area contributed by atoms with Crippen LogP contribution in [0.5, 0.6) is 5.75 Å². The average Bonchev–Trinajstić information content (AvgIpc) is 2.57. The maximum atomic E-state index is 12.4. The Balaban J connectivity index is 2.91. The number of ether oxygens (including phenoxy) is 2. The number of hydrogen-bond donors (Lipinski definition) is 1. The number of hydrogen-bond acceptors (Lipinski definition) is 5. The Kier molecular flexibility index (Phi) is 9.36. The van der Waals surface area contributed by atoms with E-state index in [2.05, 4.69) is 25.5 Å². The summed E-state index contributed by atoms with van der Waals surface area (Å²) in [5.41, 5.74) is -0.390. The van der Waals surface area contributed by atoms with Crippen LogP contribution in [0, 0.1) is 11.8 Å². The molecule has 1 N–H and O–H groups in total. The number of carbonyl (C=O) groups is 3. The van der Waals surface area contributed by atoms with Crippen LogP contribution in [0.3, 0.4) is 0 Å². The van der Waals surface area contributed by atoms with E-state index in [0.717, 1.165) is 18.9 Å². The molecule has 0 aliphatic rings. The van der Waals surface area contributed by atoms with E-state index in [0.29, 0.717) is 18.3 Å². The molecule has 9 heteroatoms. The van der Waals surface area contributed by atoms with E-state index < -0.39 is 29.2 Å². The van der Waals surface area contributed by atoms with Crippen LogP contribution in [0.4, 0.5) is 0 Å². The summed E-state index contributed by atoms with van der Waals surface area (Å²) in [5.74, 6) is -3.94. The molecule has 0 aliphatic carbocycles. The molecule has 1 aromatic rings. The zero-order valence-electron chi connectivity index (χ0n) is 15.2. The summed E-state index contributed by atoms with van der Waals surface area (Å²) < 4.78 is 9.87. The van der Waals surface area contributed by atoms with Gasteiger partial charge in [0.25, 0.3) is 0 Å². The minimum atomic E-state index is -1.85. The first kappa shape index (κ1) is 23.5. The van der Waals surface area contributed by atoms with Crippen LogP contribution in [0.2, 0.25) is 15.1 Å². The van der Waals surface area contributed by atoms with E-state index in [1.807, 2.05) is 0 Å². The molecular formula is C18H21Cl3O6. The molecule has 0 heterocycles. The molecule has 6 nitrogen and oxygen atoms in total. The monoisotopic (exact) mass is 438 g/mol. The molecule has 1 rings (SSSR count). The first-order valence-electron chi connectivity index (χ1n) is 8.34.